The van der Waals surface area contributed by atoms with Crippen LogP contribution in [0.4, 0.5) is 17.3 Å². The van der Waals surface area contributed by atoms with Crippen LogP contribution in [0.2, 0.25) is 0 Å². The molecule has 0 bridgehead atoms. The second-order valence-electron chi connectivity index (χ2n) is 9.39. The van der Waals surface area contributed by atoms with Crippen LogP contribution in [-0.2, 0) is 0 Å². The Bertz CT molecular complexity index is 1390. The maximum absolute atomic E-state index is 13.1. The summed E-state index contributed by atoms with van der Waals surface area (Å²) in [6.07, 6.45) is 3.56. The molecule has 5 rings (SSSR count). The van der Waals surface area contributed by atoms with Gasteiger partial charge < -0.3 is 24.8 Å². The van der Waals surface area contributed by atoms with Gasteiger partial charge in [-0.05, 0) is 63.2 Å². The van der Waals surface area contributed by atoms with E-state index in [0.717, 1.165) is 28.6 Å². The van der Waals surface area contributed by atoms with Gasteiger partial charge in [0.05, 0.1) is 23.3 Å². The highest BCUT2D eigenvalue weighted by atomic mass is 16.3. The van der Waals surface area contributed by atoms with Crippen molar-refractivity contribution in [1.82, 2.24) is 24.4 Å². The number of aromatic hydroxyl groups is 1. The number of imidazole rings is 1. The molecule has 0 aliphatic carbocycles. The highest BCUT2D eigenvalue weighted by Gasteiger charge is 2.23. The Balaban J connectivity index is 1.23. The van der Waals surface area contributed by atoms with E-state index < -0.39 is 0 Å². The number of piperazine rings is 1. The zero-order valence-electron chi connectivity index (χ0n) is 21.3. The van der Waals surface area contributed by atoms with Gasteiger partial charge in [-0.2, -0.15) is 0 Å². The summed E-state index contributed by atoms with van der Waals surface area (Å²) < 4.78 is 2.15. The van der Waals surface area contributed by atoms with E-state index in [-0.39, 0.29) is 17.7 Å². The normalized spacial score (nSPS) is 13.7. The van der Waals surface area contributed by atoms with Crippen LogP contribution in [0.1, 0.15) is 36.1 Å². The zero-order chi connectivity index (χ0) is 25.9. The number of aromatic nitrogens is 4. The molecule has 1 aliphatic rings. The first-order chi connectivity index (χ1) is 17.9. The molecule has 1 aliphatic heterocycles. The Labute approximate surface area is 216 Å². The first kappa shape index (κ1) is 24.3. The van der Waals surface area contributed by atoms with Gasteiger partial charge in [-0.15, -0.1) is 0 Å². The van der Waals surface area contributed by atoms with Gasteiger partial charge >= 0.3 is 0 Å². The zero-order valence-corrected chi connectivity index (χ0v) is 21.3. The summed E-state index contributed by atoms with van der Waals surface area (Å²) in [4.78, 5) is 30.5. The minimum absolute atomic E-state index is 0.000881. The molecule has 3 heterocycles. The lowest BCUT2D eigenvalue weighted by atomic mass is 10.1. The van der Waals surface area contributed by atoms with Crippen LogP contribution in [0.25, 0.3) is 11.4 Å². The largest absolute Gasteiger partial charge is 0.506 e. The van der Waals surface area contributed by atoms with Gasteiger partial charge in [0.15, 0.2) is 0 Å². The number of nitrogens with zero attached hydrogens (tertiary/aromatic N) is 6. The number of nitrogens with one attached hydrogen (secondary N) is 1. The van der Waals surface area contributed by atoms with Crippen molar-refractivity contribution >= 4 is 23.2 Å². The van der Waals surface area contributed by atoms with Gasteiger partial charge in [0, 0.05) is 49.7 Å². The van der Waals surface area contributed by atoms with Crippen molar-refractivity contribution in [3.05, 3.63) is 78.4 Å². The van der Waals surface area contributed by atoms with Crippen molar-refractivity contribution in [2.45, 2.75) is 26.8 Å². The lowest BCUT2D eigenvalue weighted by Gasteiger charge is -2.36. The van der Waals surface area contributed by atoms with Crippen molar-refractivity contribution < 1.29 is 9.90 Å². The molecule has 0 spiro atoms. The first-order valence-electron chi connectivity index (χ1n) is 12.5. The Morgan fingerprint density at radius 1 is 0.973 bits per heavy atom. The fourth-order valence-corrected chi connectivity index (χ4v) is 4.75. The molecule has 9 nitrogen and oxygen atoms in total. The molecule has 4 aromatic rings. The standard InChI is InChI=1S/C28H31N7O2/c1-19(2)35-20(3)30-18-25(35)23-12-13-29-28(32-23)31-22-10-8-21(9-11-22)27(37)34-16-14-33(15-17-34)24-6-4-5-7-26(24)36/h4-13,18-19,36H,14-17H2,1-3H3,(H,29,31,32). The van der Waals surface area contributed by atoms with Crippen LogP contribution in [-0.4, -0.2) is 61.6 Å². The van der Waals surface area contributed by atoms with E-state index in [9.17, 15) is 9.90 Å². The lowest BCUT2D eigenvalue weighted by molar-refractivity contribution is 0.0746. The maximum Gasteiger partial charge on any atom is 0.253 e. The number of carbonyl (C=O) groups excluding carboxylic acids is 1. The van der Waals surface area contributed by atoms with Gasteiger partial charge in [-0.1, -0.05) is 12.1 Å². The van der Waals surface area contributed by atoms with Crippen LogP contribution in [0, 0.1) is 6.92 Å². The van der Waals surface area contributed by atoms with Crippen molar-refractivity contribution in [1.29, 1.82) is 0 Å². The average Bonchev–Trinajstić information content (AvgIpc) is 3.31. The van der Waals surface area contributed by atoms with Crippen LogP contribution in [0.3, 0.4) is 0 Å². The summed E-state index contributed by atoms with van der Waals surface area (Å²) in [5, 5.41) is 13.4. The first-order valence-corrected chi connectivity index (χ1v) is 12.5. The summed E-state index contributed by atoms with van der Waals surface area (Å²) in [5.74, 6) is 1.68. The number of phenols is 1. The third kappa shape index (κ3) is 5.11. The Kier molecular flexibility index (Phi) is 6.76. The van der Waals surface area contributed by atoms with E-state index in [1.807, 2.05) is 66.6 Å². The van der Waals surface area contributed by atoms with E-state index >= 15 is 0 Å². The number of phenolic OH excluding ortho intramolecular Hbond substituents is 1. The van der Waals surface area contributed by atoms with Crippen LogP contribution in [0.5, 0.6) is 5.75 Å². The summed E-state index contributed by atoms with van der Waals surface area (Å²) in [6, 6.07) is 16.8. The van der Waals surface area contributed by atoms with Gasteiger partial charge in [0.25, 0.3) is 5.91 Å². The molecular weight excluding hydrogens is 466 g/mol. The lowest BCUT2D eigenvalue weighted by Crippen LogP contribution is -2.48. The molecule has 9 heteroatoms. The summed E-state index contributed by atoms with van der Waals surface area (Å²) in [6.45, 7) is 8.77. The van der Waals surface area contributed by atoms with Crippen molar-refractivity contribution in [2.24, 2.45) is 0 Å². The number of anilines is 3. The maximum atomic E-state index is 13.1. The van der Waals surface area contributed by atoms with E-state index in [1.165, 1.54) is 0 Å². The molecular formula is C28H31N7O2. The molecule has 1 saturated heterocycles. The van der Waals surface area contributed by atoms with Crippen LogP contribution in [0.15, 0.2) is 67.0 Å². The molecule has 0 unspecified atom stereocenters. The fourth-order valence-electron chi connectivity index (χ4n) is 4.75. The number of hydrogen-bond acceptors (Lipinski definition) is 7. The molecule has 190 valence electrons. The van der Waals surface area contributed by atoms with Crippen LogP contribution < -0.4 is 10.2 Å². The third-order valence-corrected chi connectivity index (χ3v) is 6.59. The Morgan fingerprint density at radius 3 is 2.41 bits per heavy atom. The molecule has 2 N–H and O–H groups in total. The number of aryl methyl sites for hydroxylation is 1. The second kappa shape index (κ2) is 10.3. The molecule has 0 radical (unpaired) electrons. The van der Waals surface area contributed by atoms with Crippen LogP contribution >= 0.6 is 0 Å². The topological polar surface area (TPSA) is 99.4 Å². The number of rotatable bonds is 6. The van der Waals surface area contributed by atoms with Gasteiger partial charge in [0.2, 0.25) is 5.95 Å². The average molecular weight is 498 g/mol. The predicted octanol–water partition coefficient (Wildman–Crippen LogP) is 4.64. The van der Waals surface area contributed by atoms with Crippen molar-refractivity contribution in [3.63, 3.8) is 0 Å². The van der Waals surface area contributed by atoms with E-state index in [2.05, 4.69) is 43.6 Å². The smallest absolute Gasteiger partial charge is 0.253 e. The SMILES string of the molecule is Cc1ncc(-c2ccnc(Nc3ccc(C(=O)N4CCN(c5ccccc5O)CC4)cc3)n2)n1C(C)C. The fraction of sp³-hybridized carbons (Fsp3) is 0.286. The highest BCUT2D eigenvalue weighted by Crippen LogP contribution is 2.28. The minimum atomic E-state index is -0.000881. The molecule has 37 heavy (non-hydrogen) atoms. The number of para-hydroxylation sites is 2. The molecule has 2 aromatic carbocycles. The minimum Gasteiger partial charge on any atom is -0.506 e. The number of benzene rings is 2. The van der Waals surface area contributed by atoms with Gasteiger partial charge in [0.1, 0.15) is 11.6 Å². The number of amides is 1. The van der Waals surface area contributed by atoms with Gasteiger partial charge in [-0.3, -0.25) is 4.79 Å². The Hall–Kier alpha value is -4.40. The van der Waals surface area contributed by atoms with E-state index in [1.54, 1.807) is 12.3 Å². The number of carbonyl (C=O) groups is 1. The monoisotopic (exact) mass is 497 g/mol. The molecule has 2 aromatic heterocycles. The predicted molar refractivity (Wildman–Crippen MR) is 144 cm³/mol. The van der Waals surface area contributed by atoms with Gasteiger partial charge in [-0.25, -0.2) is 15.0 Å². The molecule has 0 atom stereocenters. The summed E-state index contributed by atoms with van der Waals surface area (Å²) >= 11 is 0. The molecule has 1 amide bonds. The highest BCUT2D eigenvalue weighted by molar-refractivity contribution is 5.94. The molecule has 0 saturated carbocycles. The number of hydrogen-bond donors (Lipinski definition) is 2. The second-order valence-corrected chi connectivity index (χ2v) is 9.39. The van der Waals surface area contributed by atoms with E-state index in [0.29, 0.717) is 37.7 Å². The third-order valence-electron chi connectivity index (χ3n) is 6.59. The van der Waals surface area contributed by atoms with E-state index in [4.69, 9.17) is 0 Å². The van der Waals surface area contributed by atoms with Crippen molar-refractivity contribution in [3.8, 4) is 17.1 Å². The summed E-state index contributed by atoms with van der Waals surface area (Å²) in [5.41, 5.74) is 3.97. The summed E-state index contributed by atoms with van der Waals surface area (Å²) in [7, 11) is 0. The van der Waals surface area contributed by atoms with Crippen molar-refractivity contribution in [2.75, 3.05) is 36.4 Å². The quantitative estimate of drug-likeness (QED) is 0.400. The molecule has 1 fully saturated rings. The Morgan fingerprint density at radius 2 is 1.70 bits per heavy atom.